The molecular weight excluding hydrogens is 360 g/mol. The number of carbonyl (C=O) groups excluding carboxylic acids is 1. The summed E-state index contributed by atoms with van der Waals surface area (Å²) < 4.78 is 32.7. The highest BCUT2D eigenvalue weighted by Crippen LogP contribution is 2.28. The number of halogens is 2. The minimum absolute atomic E-state index is 0.0101. The molecular formula is C23H27F2NO2. The molecule has 2 aromatic carbocycles. The lowest BCUT2D eigenvalue weighted by Crippen LogP contribution is -2.34. The predicted octanol–water partition coefficient (Wildman–Crippen LogP) is 5.40. The highest BCUT2D eigenvalue weighted by atomic mass is 19.1. The quantitative estimate of drug-likeness (QED) is 0.607. The summed E-state index contributed by atoms with van der Waals surface area (Å²) in [6.07, 6.45) is 3.94. The summed E-state index contributed by atoms with van der Waals surface area (Å²) in [5.41, 5.74) is 1.62. The van der Waals surface area contributed by atoms with Crippen molar-refractivity contribution in [1.29, 1.82) is 0 Å². The van der Waals surface area contributed by atoms with E-state index < -0.39 is 0 Å². The van der Waals surface area contributed by atoms with Crippen LogP contribution in [0.15, 0.2) is 48.5 Å². The van der Waals surface area contributed by atoms with Crippen molar-refractivity contribution >= 4 is 5.91 Å². The normalized spacial score (nSPS) is 17.5. The average molecular weight is 387 g/mol. The minimum Gasteiger partial charge on any atom is -0.378 e. The molecule has 28 heavy (non-hydrogen) atoms. The Morgan fingerprint density at radius 1 is 1.18 bits per heavy atom. The molecule has 3 nitrogen and oxygen atoms in total. The predicted molar refractivity (Wildman–Crippen MR) is 105 cm³/mol. The standard InChI is InChI=1S/C23H27F2NO2/c1-2-22(18-8-10-19(24)11-9-18)26(16-17-5-3-6-20(25)15-17)23(27)13-12-21-7-4-14-28-21/h3,5-6,8-11,15,21-22H,2,4,7,12-14,16H2,1H3. The maximum Gasteiger partial charge on any atom is 0.223 e. The SMILES string of the molecule is CCC(c1ccc(F)cc1)N(Cc1cccc(F)c1)C(=O)CCC1CCCO1. The van der Waals surface area contributed by atoms with E-state index in [2.05, 4.69) is 0 Å². The number of amides is 1. The second kappa shape index (κ2) is 9.78. The Balaban J connectivity index is 1.80. The number of hydrogen-bond acceptors (Lipinski definition) is 2. The van der Waals surface area contributed by atoms with Gasteiger partial charge in [-0.1, -0.05) is 31.2 Å². The zero-order chi connectivity index (χ0) is 19.9. The van der Waals surface area contributed by atoms with Crippen molar-refractivity contribution < 1.29 is 18.3 Å². The van der Waals surface area contributed by atoms with Gasteiger partial charge < -0.3 is 9.64 Å². The maximum absolute atomic E-state index is 13.7. The fourth-order valence-electron chi connectivity index (χ4n) is 3.83. The van der Waals surface area contributed by atoms with Crippen molar-refractivity contribution in [2.24, 2.45) is 0 Å². The van der Waals surface area contributed by atoms with E-state index in [-0.39, 0.29) is 29.7 Å². The van der Waals surface area contributed by atoms with E-state index in [0.717, 1.165) is 30.6 Å². The highest BCUT2D eigenvalue weighted by Gasteiger charge is 2.26. The summed E-state index contributed by atoms with van der Waals surface area (Å²) in [6.45, 7) is 3.08. The smallest absolute Gasteiger partial charge is 0.223 e. The van der Waals surface area contributed by atoms with Crippen LogP contribution in [-0.4, -0.2) is 23.5 Å². The summed E-state index contributed by atoms with van der Waals surface area (Å²) in [6, 6.07) is 12.4. The van der Waals surface area contributed by atoms with Crippen molar-refractivity contribution in [3.8, 4) is 0 Å². The molecule has 1 amide bonds. The van der Waals surface area contributed by atoms with Crippen LogP contribution in [0, 0.1) is 11.6 Å². The van der Waals surface area contributed by atoms with E-state index in [1.807, 2.05) is 13.0 Å². The average Bonchev–Trinajstić information content (AvgIpc) is 3.21. The molecule has 1 fully saturated rings. The molecule has 2 aromatic rings. The van der Waals surface area contributed by atoms with Gasteiger partial charge in [-0.3, -0.25) is 4.79 Å². The summed E-state index contributed by atoms with van der Waals surface area (Å²) >= 11 is 0. The molecule has 1 saturated heterocycles. The molecule has 0 N–H and O–H groups in total. The van der Waals surface area contributed by atoms with E-state index >= 15 is 0 Å². The van der Waals surface area contributed by atoms with Gasteiger partial charge in [0.1, 0.15) is 11.6 Å². The first-order valence-electron chi connectivity index (χ1n) is 9.97. The van der Waals surface area contributed by atoms with Gasteiger partial charge in [0.25, 0.3) is 0 Å². The number of nitrogens with zero attached hydrogens (tertiary/aromatic N) is 1. The molecule has 0 spiro atoms. The molecule has 0 aromatic heterocycles. The summed E-state index contributed by atoms with van der Waals surface area (Å²) in [7, 11) is 0. The Bertz CT molecular complexity index is 772. The van der Waals surface area contributed by atoms with Gasteiger partial charge in [0.05, 0.1) is 12.1 Å². The van der Waals surface area contributed by atoms with E-state index in [4.69, 9.17) is 4.74 Å². The molecule has 0 aliphatic carbocycles. The Kier molecular flexibility index (Phi) is 7.15. The van der Waals surface area contributed by atoms with Gasteiger partial charge in [0.15, 0.2) is 0 Å². The van der Waals surface area contributed by atoms with E-state index in [1.165, 1.54) is 24.3 Å². The molecule has 0 radical (unpaired) electrons. The maximum atomic E-state index is 13.7. The Morgan fingerprint density at radius 2 is 1.96 bits per heavy atom. The molecule has 1 aliphatic heterocycles. The summed E-state index contributed by atoms with van der Waals surface area (Å²) in [5.74, 6) is -0.616. The summed E-state index contributed by atoms with van der Waals surface area (Å²) in [5, 5.41) is 0. The van der Waals surface area contributed by atoms with Crippen LogP contribution in [-0.2, 0) is 16.1 Å². The van der Waals surface area contributed by atoms with Gasteiger partial charge in [0.2, 0.25) is 5.91 Å². The van der Waals surface area contributed by atoms with Crippen LogP contribution in [0.4, 0.5) is 8.78 Å². The zero-order valence-corrected chi connectivity index (χ0v) is 16.2. The van der Waals surface area contributed by atoms with E-state index in [0.29, 0.717) is 25.8 Å². The van der Waals surface area contributed by atoms with Gasteiger partial charge in [-0.25, -0.2) is 8.78 Å². The van der Waals surface area contributed by atoms with Crippen molar-refractivity contribution in [1.82, 2.24) is 4.90 Å². The molecule has 2 atom stereocenters. The van der Waals surface area contributed by atoms with Crippen LogP contribution < -0.4 is 0 Å². The highest BCUT2D eigenvalue weighted by molar-refractivity contribution is 5.76. The van der Waals surface area contributed by atoms with Gasteiger partial charge >= 0.3 is 0 Å². The van der Waals surface area contributed by atoms with Gasteiger partial charge in [-0.15, -0.1) is 0 Å². The second-order valence-corrected chi connectivity index (χ2v) is 7.30. The lowest BCUT2D eigenvalue weighted by Gasteiger charge is -2.32. The number of ether oxygens (including phenoxy) is 1. The third-order valence-electron chi connectivity index (χ3n) is 5.28. The third-order valence-corrected chi connectivity index (χ3v) is 5.28. The monoisotopic (exact) mass is 387 g/mol. The molecule has 150 valence electrons. The fourth-order valence-corrected chi connectivity index (χ4v) is 3.83. The molecule has 1 aliphatic rings. The molecule has 0 saturated carbocycles. The molecule has 3 rings (SSSR count). The van der Waals surface area contributed by atoms with E-state index in [1.54, 1.807) is 23.1 Å². The fraction of sp³-hybridized carbons (Fsp3) is 0.435. The van der Waals surface area contributed by atoms with Crippen molar-refractivity contribution in [2.45, 2.75) is 57.7 Å². The topological polar surface area (TPSA) is 29.5 Å². The number of benzene rings is 2. The minimum atomic E-state index is -0.320. The Labute approximate surface area is 165 Å². The van der Waals surface area contributed by atoms with Crippen LogP contribution in [0.3, 0.4) is 0 Å². The van der Waals surface area contributed by atoms with Crippen LogP contribution in [0.5, 0.6) is 0 Å². The molecule has 1 heterocycles. The Morgan fingerprint density at radius 3 is 2.61 bits per heavy atom. The first-order valence-corrected chi connectivity index (χ1v) is 9.97. The van der Waals surface area contributed by atoms with Crippen LogP contribution >= 0.6 is 0 Å². The first-order chi connectivity index (χ1) is 13.6. The number of carbonyl (C=O) groups is 1. The lowest BCUT2D eigenvalue weighted by atomic mass is 10.0. The number of rotatable bonds is 8. The third kappa shape index (κ3) is 5.38. The van der Waals surface area contributed by atoms with Gasteiger partial charge in [0, 0.05) is 19.6 Å². The molecule has 2 unspecified atom stereocenters. The van der Waals surface area contributed by atoms with Crippen molar-refractivity contribution in [3.63, 3.8) is 0 Å². The first kappa shape index (κ1) is 20.5. The van der Waals surface area contributed by atoms with Crippen LogP contribution in [0.25, 0.3) is 0 Å². The molecule has 5 heteroatoms. The van der Waals surface area contributed by atoms with Crippen LogP contribution in [0.1, 0.15) is 56.2 Å². The van der Waals surface area contributed by atoms with Crippen LogP contribution in [0.2, 0.25) is 0 Å². The molecule has 0 bridgehead atoms. The number of hydrogen-bond donors (Lipinski definition) is 0. The summed E-state index contributed by atoms with van der Waals surface area (Å²) in [4.78, 5) is 14.9. The zero-order valence-electron chi connectivity index (χ0n) is 16.2. The largest absolute Gasteiger partial charge is 0.378 e. The van der Waals surface area contributed by atoms with E-state index in [9.17, 15) is 13.6 Å². The second-order valence-electron chi connectivity index (χ2n) is 7.30. The van der Waals surface area contributed by atoms with Gasteiger partial charge in [-0.2, -0.15) is 0 Å². The van der Waals surface area contributed by atoms with Gasteiger partial charge in [-0.05, 0) is 61.1 Å². The van der Waals surface area contributed by atoms with Crippen molar-refractivity contribution in [2.75, 3.05) is 6.61 Å². The van der Waals surface area contributed by atoms with Crippen molar-refractivity contribution in [3.05, 3.63) is 71.3 Å². The lowest BCUT2D eigenvalue weighted by molar-refractivity contribution is -0.135. The Hall–Kier alpha value is -2.27.